The van der Waals surface area contributed by atoms with E-state index in [1.807, 2.05) is 38.1 Å². The number of thioether (sulfide) groups is 1. The van der Waals surface area contributed by atoms with Crippen LogP contribution >= 0.6 is 23.1 Å². The smallest absolute Gasteiger partial charge is 0.263 e. The Morgan fingerprint density at radius 2 is 2.09 bits per heavy atom. The summed E-state index contributed by atoms with van der Waals surface area (Å²) >= 11 is 2.89. The standard InChI is InChI=1S/C24H29N3O3S2/c1-4-19-16(3)21-22(32-19)26-24(31-14-20(28)25-12-18-6-5-11-30-18)27(23(21)29)13-17-9-7-15(2)8-10-17/h7-10,18H,4-6,11-14H2,1-3H3,(H,25,28)/t18-/m0/s1. The summed E-state index contributed by atoms with van der Waals surface area (Å²) in [4.78, 5) is 32.7. The third-order valence-electron chi connectivity index (χ3n) is 5.78. The lowest BCUT2D eigenvalue weighted by Gasteiger charge is -2.13. The summed E-state index contributed by atoms with van der Waals surface area (Å²) in [5.41, 5.74) is 3.19. The van der Waals surface area contributed by atoms with Gasteiger partial charge in [-0.1, -0.05) is 48.5 Å². The number of carbonyl (C=O) groups is 1. The van der Waals surface area contributed by atoms with Crippen LogP contribution in [-0.4, -0.2) is 40.5 Å². The molecule has 2 aromatic heterocycles. The molecule has 1 aliphatic rings. The normalized spacial score (nSPS) is 16.0. The Morgan fingerprint density at radius 3 is 2.78 bits per heavy atom. The topological polar surface area (TPSA) is 73.2 Å². The van der Waals surface area contributed by atoms with Crippen molar-refractivity contribution in [2.45, 2.75) is 57.8 Å². The van der Waals surface area contributed by atoms with Crippen molar-refractivity contribution in [3.63, 3.8) is 0 Å². The number of thiophene rings is 1. The highest BCUT2D eigenvalue weighted by Gasteiger charge is 2.20. The number of fused-ring (bicyclic) bond motifs is 1. The molecule has 1 aromatic carbocycles. The zero-order valence-corrected chi connectivity index (χ0v) is 20.4. The first-order valence-corrected chi connectivity index (χ1v) is 12.9. The highest BCUT2D eigenvalue weighted by atomic mass is 32.2. The monoisotopic (exact) mass is 471 g/mol. The Labute approximate surface area is 196 Å². The molecule has 0 aliphatic carbocycles. The number of aromatic nitrogens is 2. The maximum absolute atomic E-state index is 13.5. The largest absolute Gasteiger partial charge is 0.376 e. The van der Waals surface area contributed by atoms with Gasteiger partial charge >= 0.3 is 0 Å². The Bertz CT molecular complexity index is 1160. The predicted molar refractivity (Wildman–Crippen MR) is 131 cm³/mol. The quantitative estimate of drug-likeness (QED) is 0.396. The van der Waals surface area contributed by atoms with E-state index in [9.17, 15) is 9.59 Å². The van der Waals surface area contributed by atoms with E-state index in [1.165, 1.54) is 22.2 Å². The third-order valence-corrected chi connectivity index (χ3v) is 8.09. The molecule has 170 valence electrons. The predicted octanol–water partition coefficient (Wildman–Crippen LogP) is 4.07. The number of carbonyl (C=O) groups excluding carboxylic acids is 1. The van der Waals surface area contributed by atoms with Crippen molar-refractivity contribution >= 4 is 39.2 Å². The first-order valence-electron chi connectivity index (χ1n) is 11.1. The Hall–Kier alpha value is -2.16. The number of ether oxygens (including phenoxy) is 1. The molecule has 6 nitrogen and oxygen atoms in total. The highest BCUT2D eigenvalue weighted by molar-refractivity contribution is 7.99. The molecule has 1 atom stereocenters. The molecule has 0 spiro atoms. The minimum Gasteiger partial charge on any atom is -0.376 e. The molecular formula is C24H29N3O3S2. The van der Waals surface area contributed by atoms with Gasteiger partial charge in [-0.3, -0.25) is 14.2 Å². The molecule has 3 heterocycles. The molecule has 4 rings (SSSR count). The van der Waals surface area contributed by atoms with E-state index in [0.717, 1.165) is 41.8 Å². The van der Waals surface area contributed by atoms with Crippen LogP contribution < -0.4 is 10.9 Å². The summed E-state index contributed by atoms with van der Waals surface area (Å²) in [6, 6.07) is 8.16. The van der Waals surface area contributed by atoms with Gasteiger partial charge in [-0.15, -0.1) is 11.3 Å². The second-order valence-corrected chi connectivity index (χ2v) is 10.2. The number of hydrogen-bond donors (Lipinski definition) is 1. The SMILES string of the molecule is CCc1sc2nc(SCC(=O)NC[C@@H]3CCCO3)n(Cc3ccc(C)cc3)c(=O)c2c1C. The molecular weight excluding hydrogens is 442 g/mol. The van der Waals surface area contributed by atoms with E-state index in [1.54, 1.807) is 15.9 Å². The van der Waals surface area contributed by atoms with Crippen LogP contribution in [0.3, 0.4) is 0 Å². The first-order chi connectivity index (χ1) is 15.5. The number of nitrogens with one attached hydrogen (secondary N) is 1. The zero-order chi connectivity index (χ0) is 22.7. The fourth-order valence-electron chi connectivity index (χ4n) is 3.92. The molecule has 1 N–H and O–H groups in total. The molecule has 0 radical (unpaired) electrons. The van der Waals surface area contributed by atoms with Crippen molar-refractivity contribution in [2.75, 3.05) is 18.9 Å². The van der Waals surface area contributed by atoms with Gasteiger partial charge in [0.15, 0.2) is 5.16 Å². The summed E-state index contributed by atoms with van der Waals surface area (Å²) < 4.78 is 7.28. The van der Waals surface area contributed by atoms with E-state index in [-0.39, 0.29) is 23.3 Å². The summed E-state index contributed by atoms with van der Waals surface area (Å²) in [5, 5.41) is 4.23. The lowest BCUT2D eigenvalue weighted by molar-refractivity contribution is -0.119. The summed E-state index contributed by atoms with van der Waals surface area (Å²) in [5.74, 6) is 0.141. The van der Waals surface area contributed by atoms with Crippen molar-refractivity contribution in [3.05, 3.63) is 56.2 Å². The van der Waals surface area contributed by atoms with Crippen LogP contribution in [0.25, 0.3) is 10.2 Å². The number of rotatable bonds is 8. The van der Waals surface area contributed by atoms with E-state index in [4.69, 9.17) is 9.72 Å². The summed E-state index contributed by atoms with van der Waals surface area (Å²) in [7, 11) is 0. The number of hydrogen-bond acceptors (Lipinski definition) is 6. The Kier molecular flexibility index (Phi) is 7.33. The minimum absolute atomic E-state index is 0.0358. The molecule has 0 saturated carbocycles. The molecule has 1 fully saturated rings. The van der Waals surface area contributed by atoms with Gasteiger partial charge in [-0.05, 0) is 44.2 Å². The lowest BCUT2D eigenvalue weighted by Crippen LogP contribution is -2.33. The molecule has 8 heteroatoms. The highest BCUT2D eigenvalue weighted by Crippen LogP contribution is 2.29. The maximum atomic E-state index is 13.5. The van der Waals surface area contributed by atoms with Crippen LogP contribution in [0.5, 0.6) is 0 Å². The summed E-state index contributed by atoms with van der Waals surface area (Å²) in [6.07, 6.45) is 3.02. The fourth-order valence-corrected chi connectivity index (χ4v) is 5.91. The molecule has 0 bridgehead atoms. The summed E-state index contributed by atoms with van der Waals surface area (Å²) in [6.45, 7) is 7.87. The van der Waals surface area contributed by atoms with Crippen LogP contribution in [0.15, 0.2) is 34.2 Å². The van der Waals surface area contributed by atoms with E-state index >= 15 is 0 Å². The van der Waals surface area contributed by atoms with Crippen molar-refractivity contribution in [1.82, 2.24) is 14.9 Å². The number of nitrogens with zero attached hydrogens (tertiary/aromatic N) is 2. The zero-order valence-electron chi connectivity index (χ0n) is 18.8. The Morgan fingerprint density at radius 1 is 1.31 bits per heavy atom. The van der Waals surface area contributed by atoms with Gasteiger partial charge in [0.1, 0.15) is 4.83 Å². The average Bonchev–Trinajstić information content (AvgIpc) is 3.42. The number of aryl methyl sites for hydroxylation is 3. The molecule has 32 heavy (non-hydrogen) atoms. The van der Waals surface area contributed by atoms with Crippen molar-refractivity contribution in [2.24, 2.45) is 0 Å². The molecule has 1 saturated heterocycles. The Balaban J connectivity index is 1.60. The van der Waals surface area contributed by atoms with Crippen molar-refractivity contribution < 1.29 is 9.53 Å². The second-order valence-electron chi connectivity index (χ2n) is 8.18. The fraction of sp³-hybridized carbons (Fsp3) is 0.458. The molecule has 1 aliphatic heterocycles. The van der Waals surface area contributed by atoms with Gasteiger partial charge in [0.25, 0.3) is 5.56 Å². The number of benzene rings is 1. The first kappa shape index (κ1) is 23.0. The van der Waals surface area contributed by atoms with Crippen molar-refractivity contribution in [1.29, 1.82) is 0 Å². The minimum atomic E-state index is -0.0710. The van der Waals surface area contributed by atoms with E-state index < -0.39 is 0 Å². The van der Waals surface area contributed by atoms with Crippen LogP contribution in [0.1, 0.15) is 41.3 Å². The molecule has 3 aromatic rings. The van der Waals surface area contributed by atoms with Gasteiger partial charge in [0.2, 0.25) is 5.91 Å². The van der Waals surface area contributed by atoms with Crippen LogP contribution in [0.2, 0.25) is 0 Å². The van der Waals surface area contributed by atoms with Crippen molar-refractivity contribution in [3.8, 4) is 0 Å². The van der Waals surface area contributed by atoms with Gasteiger partial charge < -0.3 is 10.1 Å². The van der Waals surface area contributed by atoms with E-state index in [0.29, 0.717) is 23.6 Å². The molecule has 0 unspecified atom stereocenters. The van der Waals surface area contributed by atoms with Crippen LogP contribution in [0.4, 0.5) is 0 Å². The van der Waals surface area contributed by atoms with Crippen LogP contribution in [0, 0.1) is 13.8 Å². The lowest BCUT2D eigenvalue weighted by atomic mass is 10.1. The van der Waals surface area contributed by atoms with Gasteiger partial charge in [-0.25, -0.2) is 4.98 Å². The van der Waals surface area contributed by atoms with E-state index in [2.05, 4.69) is 12.2 Å². The maximum Gasteiger partial charge on any atom is 0.263 e. The second kappa shape index (κ2) is 10.2. The van der Waals surface area contributed by atoms with Gasteiger partial charge in [0, 0.05) is 18.0 Å². The molecule has 1 amide bonds. The average molecular weight is 472 g/mol. The van der Waals surface area contributed by atoms with Crippen LogP contribution in [-0.2, 0) is 22.5 Å². The number of amides is 1. The van der Waals surface area contributed by atoms with Gasteiger partial charge in [-0.2, -0.15) is 0 Å². The van der Waals surface area contributed by atoms with Gasteiger partial charge in [0.05, 0.1) is 23.8 Å². The third kappa shape index (κ3) is 5.08.